The standard InChI is InChI=1S/C18H35N3O3.HI/c1-6-19-16(20-9-11-23-13-14-8-7-10-24-14)21-15-12-18(4,22-5)17(15,2)3;/h14-15H,6-13H2,1-5H3,(H2,19,20,21);1H. The maximum Gasteiger partial charge on any atom is 0.191 e. The Morgan fingerprint density at radius 3 is 2.64 bits per heavy atom. The number of nitrogens with zero attached hydrogens (tertiary/aromatic N) is 1. The van der Waals surface area contributed by atoms with Crippen molar-refractivity contribution in [3.63, 3.8) is 0 Å². The van der Waals surface area contributed by atoms with E-state index in [-0.39, 0.29) is 41.1 Å². The van der Waals surface area contributed by atoms with E-state index in [9.17, 15) is 0 Å². The van der Waals surface area contributed by atoms with Gasteiger partial charge in [-0.15, -0.1) is 24.0 Å². The van der Waals surface area contributed by atoms with E-state index in [1.54, 1.807) is 7.11 Å². The molecule has 148 valence electrons. The third kappa shape index (κ3) is 5.68. The second kappa shape index (κ2) is 10.3. The number of hydrogen-bond donors (Lipinski definition) is 2. The lowest BCUT2D eigenvalue weighted by atomic mass is 9.56. The van der Waals surface area contributed by atoms with E-state index in [2.05, 4.69) is 43.3 Å². The molecular formula is C18H36IN3O3. The molecule has 1 aliphatic carbocycles. The van der Waals surface area contributed by atoms with Crippen LogP contribution in [0.5, 0.6) is 0 Å². The van der Waals surface area contributed by atoms with Gasteiger partial charge in [0.1, 0.15) is 0 Å². The lowest BCUT2D eigenvalue weighted by Gasteiger charge is -2.59. The van der Waals surface area contributed by atoms with Crippen molar-refractivity contribution in [3.8, 4) is 0 Å². The number of methoxy groups -OCH3 is 1. The minimum Gasteiger partial charge on any atom is -0.378 e. The van der Waals surface area contributed by atoms with Crippen molar-refractivity contribution in [1.82, 2.24) is 10.6 Å². The minimum atomic E-state index is -0.0770. The van der Waals surface area contributed by atoms with Crippen LogP contribution in [-0.2, 0) is 14.2 Å². The van der Waals surface area contributed by atoms with E-state index in [1.807, 2.05) is 0 Å². The molecule has 1 heterocycles. The predicted molar refractivity (Wildman–Crippen MR) is 112 cm³/mol. The van der Waals surface area contributed by atoms with E-state index < -0.39 is 0 Å². The van der Waals surface area contributed by atoms with Gasteiger partial charge in [-0.3, -0.25) is 4.99 Å². The first-order valence-corrected chi connectivity index (χ1v) is 9.22. The molecule has 2 aliphatic rings. The van der Waals surface area contributed by atoms with Crippen molar-refractivity contribution in [2.75, 3.05) is 40.0 Å². The lowest BCUT2D eigenvalue weighted by molar-refractivity contribution is -0.176. The zero-order chi connectivity index (χ0) is 17.6. The van der Waals surface area contributed by atoms with Crippen LogP contribution in [0.15, 0.2) is 4.99 Å². The Balaban J connectivity index is 0.00000312. The molecule has 3 unspecified atom stereocenters. The molecule has 3 atom stereocenters. The van der Waals surface area contributed by atoms with E-state index in [1.165, 1.54) is 0 Å². The Labute approximate surface area is 169 Å². The normalized spacial score (nSPS) is 31.2. The number of halogens is 1. The van der Waals surface area contributed by atoms with Gasteiger partial charge >= 0.3 is 0 Å². The zero-order valence-corrected chi connectivity index (χ0v) is 18.7. The summed E-state index contributed by atoms with van der Waals surface area (Å²) < 4.78 is 16.9. The Morgan fingerprint density at radius 1 is 1.32 bits per heavy atom. The quantitative estimate of drug-likeness (QED) is 0.248. The molecule has 0 aromatic rings. The van der Waals surface area contributed by atoms with Crippen LogP contribution in [0.4, 0.5) is 0 Å². The molecule has 7 heteroatoms. The van der Waals surface area contributed by atoms with Crippen LogP contribution in [-0.4, -0.2) is 63.7 Å². The number of guanidine groups is 1. The molecule has 0 radical (unpaired) electrons. The van der Waals surface area contributed by atoms with Crippen molar-refractivity contribution in [1.29, 1.82) is 0 Å². The Hall–Kier alpha value is -0.120. The van der Waals surface area contributed by atoms with Gasteiger partial charge in [0.2, 0.25) is 0 Å². The Kier molecular flexibility index (Phi) is 9.42. The predicted octanol–water partition coefficient (Wildman–Crippen LogP) is 2.56. The van der Waals surface area contributed by atoms with Crippen molar-refractivity contribution in [3.05, 3.63) is 0 Å². The second-order valence-corrected chi connectivity index (χ2v) is 7.53. The topological polar surface area (TPSA) is 64.1 Å². The van der Waals surface area contributed by atoms with Gasteiger partial charge in [0.05, 0.1) is 31.5 Å². The largest absolute Gasteiger partial charge is 0.378 e. The fraction of sp³-hybridized carbons (Fsp3) is 0.944. The highest BCUT2D eigenvalue weighted by Gasteiger charge is 2.58. The van der Waals surface area contributed by atoms with Gasteiger partial charge in [0, 0.05) is 31.7 Å². The van der Waals surface area contributed by atoms with Crippen LogP contribution in [0.25, 0.3) is 0 Å². The molecule has 0 aromatic carbocycles. The molecule has 6 nitrogen and oxygen atoms in total. The second-order valence-electron chi connectivity index (χ2n) is 7.53. The van der Waals surface area contributed by atoms with E-state index >= 15 is 0 Å². The summed E-state index contributed by atoms with van der Waals surface area (Å²) in [5.74, 6) is 0.856. The molecule has 0 spiro atoms. The summed E-state index contributed by atoms with van der Waals surface area (Å²) in [6, 6.07) is 0.355. The van der Waals surface area contributed by atoms with Gasteiger partial charge in [0.25, 0.3) is 0 Å². The van der Waals surface area contributed by atoms with Crippen molar-refractivity contribution < 1.29 is 14.2 Å². The van der Waals surface area contributed by atoms with E-state index in [0.717, 1.165) is 38.4 Å². The lowest BCUT2D eigenvalue weighted by Crippen LogP contribution is -2.69. The Bertz CT molecular complexity index is 428. The molecule has 0 aromatic heterocycles. The summed E-state index contributed by atoms with van der Waals surface area (Å²) in [5, 5.41) is 6.86. The highest BCUT2D eigenvalue weighted by Crippen LogP contribution is 2.51. The molecule has 2 fully saturated rings. The van der Waals surface area contributed by atoms with Crippen LogP contribution < -0.4 is 10.6 Å². The zero-order valence-electron chi connectivity index (χ0n) is 16.4. The van der Waals surface area contributed by atoms with Gasteiger partial charge in [-0.05, 0) is 33.1 Å². The van der Waals surface area contributed by atoms with Gasteiger partial charge < -0.3 is 24.8 Å². The number of nitrogens with one attached hydrogen (secondary N) is 2. The summed E-state index contributed by atoms with van der Waals surface area (Å²) in [6.45, 7) is 12.4. The van der Waals surface area contributed by atoms with Crippen molar-refractivity contribution in [2.45, 2.75) is 64.7 Å². The summed E-state index contributed by atoms with van der Waals surface area (Å²) in [4.78, 5) is 4.63. The molecule has 0 amide bonds. The van der Waals surface area contributed by atoms with Crippen LogP contribution >= 0.6 is 24.0 Å². The average Bonchev–Trinajstić information content (AvgIpc) is 3.07. The first kappa shape index (κ1) is 22.9. The maximum atomic E-state index is 5.69. The smallest absolute Gasteiger partial charge is 0.191 e. The third-order valence-electron chi connectivity index (χ3n) is 5.77. The van der Waals surface area contributed by atoms with E-state index in [0.29, 0.717) is 25.8 Å². The van der Waals surface area contributed by atoms with Crippen LogP contribution in [0, 0.1) is 5.41 Å². The molecule has 25 heavy (non-hydrogen) atoms. The van der Waals surface area contributed by atoms with E-state index in [4.69, 9.17) is 14.2 Å². The monoisotopic (exact) mass is 469 g/mol. The first-order chi connectivity index (χ1) is 11.4. The van der Waals surface area contributed by atoms with Gasteiger partial charge in [-0.2, -0.15) is 0 Å². The summed E-state index contributed by atoms with van der Waals surface area (Å²) in [7, 11) is 1.79. The molecule has 1 saturated heterocycles. The summed E-state index contributed by atoms with van der Waals surface area (Å²) in [5.41, 5.74) is -0.0133. The number of ether oxygens (including phenoxy) is 3. The number of aliphatic imine (C=N–C) groups is 1. The fourth-order valence-electron chi connectivity index (χ4n) is 3.42. The van der Waals surface area contributed by atoms with Crippen LogP contribution in [0.1, 0.15) is 47.0 Å². The first-order valence-electron chi connectivity index (χ1n) is 9.22. The van der Waals surface area contributed by atoms with Gasteiger partial charge in [0.15, 0.2) is 5.96 Å². The molecule has 0 bridgehead atoms. The minimum absolute atomic E-state index is 0. The number of rotatable bonds is 8. The fourth-order valence-corrected chi connectivity index (χ4v) is 3.42. The van der Waals surface area contributed by atoms with Gasteiger partial charge in [-0.1, -0.05) is 13.8 Å². The molecule has 1 saturated carbocycles. The van der Waals surface area contributed by atoms with Crippen LogP contribution in [0.2, 0.25) is 0 Å². The van der Waals surface area contributed by atoms with Crippen molar-refractivity contribution >= 4 is 29.9 Å². The molecule has 2 rings (SSSR count). The highest BCUT2D eigenvalue weighted by molar-refractivity contribution is 14.0. The molecule has 1 aliphatic heterocycles. The number of hydrogen-bond acceptors (Lipinski definition) is 4. The summed E-state index contributed by atoms with van der Waals surface area (Å²) in [6.07, 6.45) is 3.53. The molecular weight excluding hydrogens is 433 g/mol. The van der Waals surface area contributed by atoms with Crippen LogP contribution in [0.3, 0.4) is 0 Å². The summed E-state index contributed by atoms with van der Waals surface area (Å²) >= 11 is 0. The SMILES string of the molecule is CCNC(=NCCOCC1CCCO1)NC1CC(C)(OC)C1(C)C.I. The Morgan fingerprint density at radius 2 is 2.08 bits per heavy atom. The van der Waals surface area contributed by atoms with Gasteiger partial charge in [-0.25, -0.2) is 0 Å². The highest BCUT2D eigenvalue weighted by atomic mass is 127. The maximum absolute atomic E-state index is 5.69. The van der Waals surface area contributed by atoms with Crippen molar-refractivity contribution in [2.24, 2.45) is 10.4 Å². The molecule has 2 N–H and O–H groups in total. The third-order valence-corrected chi connectivity index (χ3v) is 5.77. The average molecular weight is 469 g/mol.